The number of carbonyl (C=O) groups excluding carboxylic acids is 1. The van der Waals surface area contributed by atoms with Crippen molar-refractivity contribution in [3.8, 4) is 5.75 Å². The van der Waals surface area contributed by atoms with Crippen LogP contribution in [0, 0.1) is 10.1 Å². The average molecular weight is 368 g/mol. The monoisotopic (exact) mass is 368 g/mol. The molecular formula is C21H24N2O4. The van der Waals surface area contributed by atoms with Gasteiger partial charge in [0.2, 0.25) is 0 Å². The van der Waals surface area contributed by atoms with E-state index in [0.29, 0.717) is 23.4 Å². The smallest absolute Gasteiger partial charge is 0.269 e. The minimum Gasteiger partial charge on any atom is -0.497 e. The first kappa shape index (κ1) is 20.3. The molecule has 0 heterocycles. The van der Waals surface area contributed by atoms with E-state index >= 15 is 0 Å². The largest absolute Gasteiger partial charge is 0.497 e. The Hall–Kier alpha value is -2.99. The van der Waals surface area contributed by atoms with Crippen molar-refractivity contribution in [1.29, 1.82) is 0 Å². The highest BCUT2D eigenvalue weighted by atomic mass is 16.6. The number of rotatable bonds is 9. The summed E-state index contributed by atoms with van der Waals surface area (Å²) in [5.74, 6) is 0.624. The number of non-ortho nitro benzene ring substituents is 1. The summed E-state index contributed by atoms with van der Waals surface area (Å²) in [5, 5.41) is 10.8. The molecule has 0 unspecified atom stereocenters. The molecule has 0 spiro atoms. The Balaban J connectivity index is 2.36. The predicted octanol–water partition coefficient (Wildman–Crippen LogP) is 4.21. The molecule has 0 fully saturated rings. The van der Waals surface area contributed by atoms with E-state index in [1.165, 1.54) is 12.1 Å². The van der Waals surface area contributed by atoms with E-state index in [1.807, 2.05) is 13.8 Å². The molecule has 6 nitrogen and oxygen atoms in total. The third-order valence-electron chi connectivity index (χ3n) is 4.38. The fourth-order valence-corrected chi connectivity index (χ4v) is 2.69. The number of nitro benzene ring substituents is 1. The molecule has 0 aliphatic carbocycles. The van der Waals surface area contributed by atoms with E-state index in [0.717, 1.165) is 18.7 Å². The van der Waals surface area contributed by atoms with Gasteiger partial charge in [-0.05, 0) is 61.1 Å². The number of nitrogens with zero attached hydrogens (tertiary/aromatic N) is 2. The maximum Gasteiger partial charge on any atom is 0.269 e. The van der Waals surface area contributed by atoms with Crippen LogP contribution in [0.4, 0.5) is 5.69 Å². The second-order valence-corrected chi connectivity index (χ2v) is 6.04. The molecule has 142 valence electrons. The van der Waals surface area contributed by atoms with Crippen molar-refractivity contribution < 1.29 is 14.5 Å². The number of carbonyl (C=O) groups is 1. The number of ketones is 1. The number of methoxy groups -OCH3 is 1. The Labute approximate surface area is 159 Å². The highest BCUT2D eigenvalue weighted by Gasteiger charge is 2.15. The zero-order valence-electron chi connectivity index (χ0n) is 15.8. The number of Topliss-reactive ketones (excluding diaryl/α,β-unsaturated/α-hetero) is 1. The lowest BCUT2D eigenvalue weighted by Gasteiger charge is -2.20. The zero-order chi connectivity index (χ0) is 19.8. The fraction of sp³-hybridized carbons (Fsp3) is 0.286. The molecule has 0 saturated carbocycles. The molecule has 0 aliphatic heterocycles. The normalized spacial score (nSPS) is 11.5. The molecule has 2 aromatic carbocycles. The van der Waals surface area contributed by atoms with Crippen LogP contribution < -0.4 is 4.74 Å². The summed E-state index contributed by atoms with van der Waals surface area (Å²) in [6, 6.07) is 13.2. The third-order valence-corrected chi connectivity index (χ3v) is 4.38. The van der Waals surface area contributed by atoms with E-state index < -0.39 is 4.92 Å². The summed E-state index contributed by atoms with van der Waals surface area (Å²) in [6.07, 6.45) is 1.80. The van der Waals surface area contributed by atoms with Gasteiger partial charge in [0.15, 0.2) is 5.78 Å². The molecule has 0 bridgehead atoms. The van der Waals surface area contributed by atoms with Crippen LogP contribution in [0.2, 0.25) is 0 Å². The van der Waals surface area contributed by atoms with Gasteiger partial charge in [-0.25, -0.2) is 0 Å². The number of benzene rings is 2. The van der Waals surface area contributed by atoms with Gasteiger partial charge in [0, 0.05) is 29.8 Å². The molecule has 0 N–H and O–H groups in total. The van der Waals surface area contributed by atoms with Crippen LogP contribution in [-0.4, -0.2) is 42.4 Å². The predicted molar refractivity (Wildman–Crippen MR) is 106 cm³/mol. The Kier molecular flexibility index (Phi) is 7.25. The van der Waals surface area contributed by atoms with Crippen molar-refractivity contribution >= 4 is 17.5 Å². The van der Waals surface area contributed by atoms with Crippen LogP contribution in [0.5, 0.6) is 5.75 Å². The molecule has 6 heteroatoms. The van der Waals surface area contributed by atoms with E-state index in [1.54, 1.807) is 49.6 Å². The number of hydrogen-bond donors (Lipinski definition) is 0. The Bertz CT molecular complexity index is 807. The second-order valence-electron chi connectivity index (χ2n) is 6.04. The Morgan fingerprint density at radius 3 is 2.15 bits per heavy atom. The van der Waals surface area contributed by atoms with Gasteiger partial charge < -0.3 is 4.74 Å². The van der Waals surface area contributed by atoms with Gasteiger partial charge in [0.1, 0.15) is 5.75 Å². The molecule has 0 aromatic heterocycles. The SMILES string of the molecule is CCN(CC)C/C(=C\c1ccc([N+](=O)[O-])cc1)C(=O)c1ccc(OC)cc1. The topological polar surface area (TPSA) is 72.7 Å². The van der Waals surface area contributed by atoms with Crippen molar-refractivity contribution in [2.24, 2.45) is 0 Å². The van der Waals surface area contributed by atoms with Gasteiger partial charge in [-0.3, -0.25) is 19.8 Å². The zero-order valence-corrected chi connectivity index (χ0v) is 15.8. The third kappa shape index (κ3) is 5.49. The molecule has 2 aromatic rings. The second kappa shape index (κ2) is 9.64. The summed E-state index contributed by atoms with van der Waals surface area (Å²) in [6.45, 7) is 6.25. The maximum absolute atomic E-state index is 13.0. The Morgan fingerprint density at radius 2 is 1.67 bits per heavy atom. The quantitative estimate of drug-likeness (QED) is 0.287. The van der Waals surface area contributed by atoms with Crippen molar-refractivity contribution in [2.45, 2.75) is 13.8 Å². The van der Waals surface area contributed by atoms with Gasteiger partial charge >= 0.3 is 0 Å². The highest BCUT2D eigenvalue weighted by molar-refractivity contribution is 6.11. The van der Waals surface area contributed by atoms with Gasteiger partial charge in [0.25, 0.3) is 5.69 Å². The number of ether oxygens (including phenoxy) is 1. The maximum atomic E-state index is 13.0. The number of likely N-dealkylation sites (N-methyl/N-ethyl adjacent to an activating group) is 1. The standard InChI is InChI=1S/C21H24N2O4/c1-4-22(5-2)15-18(14-16-6-10-19(11-7-16)23(25)26)21(24)17-8-12-20(27-3)13-9-17/h6-14H,4-5,15H2,1-3H3/b18-14+. The lowest BCUT2D eigenvalue weighted by molar-refractivity contribution is -0.384. The lowest BCUT2D eigenvalue weighted by Crippen LogP contribution is -2.27. The van der Waals surface area contributed by atoms with Crippen LogP contribution in [-0.2, 0) is 0 Å². The van der Waals surface area contributed by atoms with Crippen molar-refractivity contribution in [1.82, 2.24) is 4.90 Å². The minimum absolute atomic E-state index is 0.0268. The molecular weight excluding hydrogens is 344 g/mol. The first-order chi connectivity index (χ1) is 13.0. The molecule has 0 atom stereocenters. The number of hydrogen-bond acceptors (Lipinski definition) is 5. The summed E-state index contributed by atoms with van der Waals surface area (Å²) in [4.78, 5) is 25.6. The van der Waals surface area contributed by atoms with E-state index in [4.69, 9.17) is 4.74 Å². The highest BCUT2D eigenvalue weighted by Crippen LogP contribution is 2.19. The van der Waals surface area contributed by atoms with Crippen LogP contribution in [0.3, 0.4) is 0 Å². The minimum atomic E-state index is -0.438. The van der Waals surface area contributed by atoms with Gasteiger partial charge in [-0.15, -0.1) is 0 Å². The first-order valence-electron chi connectivity index (χ1n) is 8.84. The summed E-state index contributed by atoms with van der Waals surface area (Å²) >= 11 is 0. The van der Waals surface area contributed by atoms with E-state index in [2.05, 4.69) is 4.90 Å². The molecule has 2 rings (SSSR count). The van der Waals surface area contributed by atoms with Crippen molar-refractivity contribution in [3.05, 3.63) is 75.3 Å². The Morgan fingerprint density at radius 1 is 1.07 bits per heavy atom. The average Bonchev–Trinajstić information content (AvgIpc) is 2.71. The number of nitro groups is 1. The van der Waals surface area contributed by atoms with Crippen LogP contribution in [0.1, 0.15) is 29.8 Å². The summed E-state index contributed by atoms with van der Waals surface area (Å²) < 4.78 is 5.15. The molecule has 0 saturated heterocycles. The van der Waals surface area contributed by atoms with Crippen molar-refractivity contribution in [3.63, 3.8) is 0 Å². The molecule has 0 amide bonds. The summed E-state index contributed by atoms with van der Waals surface area (Å²) in [5.41, 5.74) is 2.00. The first-order valence-corrected chi connectivity index (χ1v) is 8.84. The van der Waals surface area contributed by atoms with Gasteiger partial charge in [-0.2, -0.15) is 0 Å². The van der Waals surface area contributed by atoms with Crippen LogP contribution in [0.25, 0.3) is 6.08 Å². The van der Waals surface area contributed by atoms with Crippen LogP contribution in [0.15, 0.2) is 54.1 Å². The molecule has 0 aliphatic rings. The van der Waals surface area contributed by atoms with E-state index in [-0.39, 0.29) is 11.5 Å². The van der Waals surface area contributed by atoms with E-state index in [9.17, 15) is 14.9 Å². The molecule has 27 heavy (non-hydrogen) atoms. The fourth-order valence-electron chi connectivity index (χ4n) is 2.69. The molecule has 0 radical (unpaired) electrons. The summed E-state index contributed by atoms with van der Waals surface area (Å²) in [7, 11) is 1.58. The lowest BCUT2D eigenvalue weighted by atomic mass is 10.00. The van der Waals surface area contributed by atoms with Crippen molar-refractivity contribution in [2.75, 3.05) is 26.7 Å². The van der Waals surface area contributed by atoms with Gasteiger partial charge in [0.05, 0.1) is 12.0 Å². The van der Waals surface area contributed by atoms with Crippen LogP contribution >= 0.6 is 0 Å². The van der Waals surface area contributed by atoms with Gasteiger partial charge in [-0.1, -0.05) is 13.8 Å².